The fourth-order valence-electron chi connectivity index (χ4n) is 6.73. The van der Waals surface area contributed by atoms with E-state index in [0.717, 1.165) is 30.0 Å². The highest BCUT2D eigenvalue weighted by atomic mass is 79.9. The van der Waals surface area contributed by atoms with E-state index < -0.39 is 4.92 Å². The Kier molecular flexibility index (Phi) is 6.76. The predicted molar refractivity (Wildman–Crippen MR) is 156 cm³/mol. The Morgan fingerprint density at radius 1 is 1.05 bits per heavy atom. The van der Waals surface area contributed by atoms with Crippen molar-refractivity contribution < 1.29 is 14.5 Å². The number of rotatable bonds is 6. The number of nitrogens with zero attached hydrogens (tertiary/aromatic N) is 3. The van der Waals surface area contributed by atoms with Gasteiger partial charge in [0.25, 0.3) is 17.5 Å². The van der Waals surface area contributed by atoms with E-state index in [1.807, 2.05) is 29.2 Å². The summed E-state index contributed by atoms with van der Waals surface area (Å²) in [7, 11) is 0. The average molecular weight is 607 g/mol. The SMILES string of the molecule is CC1(C)C2CN(C(=O)c3cc(Br)cc([N+](=O)[O-])c3N[C@@H]3CCCC[C@@H]3NC(=O)c3cncc4ccccc34)CC21. The van der Waals surface area contributed by atoms with Gasteiger partial charge in [-0.3, -0.25) is 24.7 Å². The van der Waals surface area contributed by atoms with Gasteiger partial charge in [0.05, 0.1) is 16.1 Å². The zero-order valence-electron chi connectivity index (χ0n) is 22.5. The maximum absolute atomic E-state index is 13.7. The van der Waals surface area contributed by atoms with Crippen LogP contribution in [0.15, 0.2) is 53.3 Å². The molecule has 2 heterocycles. The van der Waals surface area contributed by atoms with E-state index in [-0.39, 0.29) is 46.3 Å². The molecule has 1 saturated heterocycles. The number of carbonyl (C=O) groups is 2. The molecule has 2 N–H and O–H groups in total. The number of fused-ring (bicyclic) bond motifs is 2. The summed E-state index contributed by atoms with van der Waals surface area (Å²) in [4.78, 5) is 45.0. The van der Waals surface area contributed by atoms with E-state index in [1.54, 1.807) is 18.5 Å². The van der Waals surface area contributed by atoms with Crippen LogP contribution in [0.3, 0.4) is 0 Å². The van der Waals surface area contributed by atoms with Gasteiger partial charge < -0.3 is 15.5 Å². The molecule has 2 unspecified atom stereocenters. The Balaban J connectivity index is 1.28. The van der Waals surface area contributed by atoms with Gasteiger partial charge in [-0.25, -0.2) is 0 Å². The summed E-state index contributed by atoms with van der Waals surface area (Å²) < 4.78 is 0.481. The number of benzene rings is 2. The fraction of sp³-hybridized carbons (Fsp3) is 0.433. The van der Waals surface area contributed by atoms with Gasteiger partial charge in [0.2, 0.25) is 0 Å². The van der Waals surface area contributed by atoms with Crippen molar-refractivity contribution in [3.63, 3.8) is 0 Å². The lowest BCUT2D eigenvalue weighted by Gasteiger charge is -2.34. The summed E-state index contributed by atoms with van der Waals surface area (Å²) in [5, 5.41) is 20.4. The van der Waals surface area contributed by atoms with Crippen LogP contribution in [0.4, 0.5) is 11.4 Å². The lowest BCUT2D eigenvalue weighted by Crippen LogP contribution is -2.49. The molecule has 2 amide bonds. The highest BCUT2D eigenvalue weighted by Crippen LogP contribution is 2.62. The van der Waals surface area contributed by atoms with E-state index >= 15 is 0 Å². The van der Waals surface area contributed by atoms with Gasteiger partial charge >= 0.3 is 0 Å². The van der Waals surface area contributed by atoms with Crippen LogP contribution in [0.2, 0.25) is 0 Å². The molecule has 1 aliphatic heterocycles. The minimum atomic E-state index is -0.452. The van der Waals surface area contributed by atoms with Crippen LogP contribution < -0.4 is 10.6 Å². The van der Waals surface area contributed by atoms with Crippen molar-refractivity contribution in [3.8, 4) is 0 Å². The first-order valence-electron chi connectivity index (χ1n) is 13.8. The van der Waals surface area contributed by atoms with Crippen molar-refractivity contribution in [2.45, 2.75) is 51.6 Å². The third kappa shape index (κ3) is 4.72. The number of anilines is 1. The largest absolute Gasteiger partial charge is 0.374 e. The van der Waals surface area contributed by atoms with Crippen molar-refractivity contribution in [1.29, 1.82) is 0 Å². The molecular weight excluding hydrogens is 574 g/mol. The van der Waals surface area contributed by atoms with E-state index in [0.29, 0.717) is 41.4 Å². The summed E-state index contributed by atoms with van der Waals surface area (Å²) in [5.41, 5.74) is 1.08. The number of likely N-dealkylation sites (tertiary alicyclic amines) is 1. The van der Waals surface area contributed by atoms with Gasteiger partial charge in [0.15, 0.2) is 0 Å². The quantitative estimate of drug-likeness (QED) is 0.271. The topological polar surface area (TPSA) is 117 Å². The monoisotopic (exact) mass is 605 g/mol. The molecule has 3 aliphatic rings. The Hall–Kier alpha value is -3.53. The number of aromatic nitrogens is 1. The highest BCUT2D eigenvalue weighted by Gasteiger charge is 2.62. The Morgan fingerprint density at radius 2 is 1.75 bits per heavy atom. The first-order valence-corrected chi connectivity index (χ1v) is 14.6. The molecule has 2 aromatic carbocycles. The van der Waals surface area contributed by atoms with Gasteiger partial charge in [0, 0.05) is 53.5 Å². The first-order chi connectivity index (χ1) is 19.1. The lowest BCUT2D eigenvalue weighted by atomic mass is 9.89. The molecule has 3 fully saturated rings. The molecular formula is C30H32BrN5O4. The van der Waals surface area contributed by atoms with E-state index in [1.165, 1.54) is 6.07 Å². The van der Waals surface area contributed by atoms with Crippen LogP contribution in [0.25, 0.3) is 10.8 Å². The highest BCUT2D eigenvalue weighted by molar-refractivity contribution is 9.10. The number of carbonyl (C=O) groups excluding carboxylic acids is 2. The van der Waals surface area contributed by atoms with E-state index in [4.69, 9.17) is 0 Å². The number of pyridine rings is 1. The molecule has 2 aliphatic carbocycles. The van der Waals surface area contributed by atoms with Crippen LogP contribution in [0.1, 0.15) is 60.2 Å². The standard InChI is InChI=1S/C30H32BrN5O4/c1-30(2)22-15-35(16-23(22)30)29(38)20-11-18(31)12-26(36(39)40)27(20)33-24-9-5-6-10-25(24)34-28(37)21-14-32-13-17-7-3-4-8-19(17)21/h3-4,7-8,11-14,22-25,33H,5-6,9-10,15-16H2,1-2H3,(H,34,37)/t22?,23?,24-,25+/m1/s1. The molecule has 3 aromatic rings. The lowest BCUT2D eigenvalue weighted by molar-refractivity contribution is -0.384. The summed E-state index contributed by atoms with van der Waals surface area (Å²) in [6.45, 7) is 5.79. The Labute approximate surface area is 241 Å². The minimum Gasteiger partial charge on any atom is -0.374 e. The van der Waals surface area contributed by atoms with Crippen LogP contribution >= 0.6 is 15.9 Å². The fourth-order valence-corrected chi connectivity index (χ4v) is 7.18. The molecule has 0 radical (unpaired) electrons. The number of nitro groups is 1. The number of nitrogens with one attached hydrogen (secondary N) is 2. The molecule has 9 nitrogen and oxygen atoms in total. The van der Waals surface area contributed by atoms with Crippen molar-refractivity contribution in [2.75, 3.05) is 18.4 Å². The van der Waals surface area contributed by atoms with Crippen molar-refractivity contribution in [2.24, 2.45) is 17.3 Å². The summed E-state index contributed by atoms with van der Waals surface area (Å²) in [6.07, 6.45) is 6.57. The number of halogens is 1. The normalized spacial score (nSPS) is 24.8. The second-order valence-corrected chi connectivity index (χ2v) is 12.8. The summed E-state index contributed by atoms with van der Waals surface area (Å²) >= 11 is 3.38. The molecule has 0 bridgehead atoms. The molecule has 2 saturated carbocycles. The molecule has 208 valence electrons. The Morgan fingerprint density at radius 3 is 2.48 bits per heavy atom. The number of nitro benzene ring substituents is 1. The second-order valence-electron chi connectivity index (χ2n) is 11.9. The molecule has 1 aromatic heterocycles. The first kappa shape index (κ1) is 26.7. The van der Waals surface area contributed by atoms with Gasteiger partial charge in [0.1, 0.15) is 5.69 Å². The van der Waals surface area contributed by atoms with Gasteiger partial charge in [-0.05, 0) is 41.5 Å². The third-order valence-electron chi connectivity index (χ3n) is 9.24. The number of hydrogen-bond acceptors (Lipinski definition) is 6. The van der Waals surface area contributed by atoms with Crippen LogP contribution in [0, 0.1) is 27.4 Å². The molecule has 10 heteroatoms. The van der Waals surface area contributed by atoms with Crippen molar-refractivity contribution >= 4 is 49.9 Å². The van der Waals surface area contributed by atoms with Gasteiger partial charge in [-0.1, -0.05) is 66.9 Å². The maximum atomic E-state index is 13.7. The van der Waals surface area contributed by atoms with E-state index in [2.05, 4.69) is 45.4 Å². The Bertz CT molecular complexity index is 1510. The van der Waals surface area contributed by atoms with Crippen LogP contribution in [-0.4, -0.2) is 51.8 Å². The summed E-state index contributed by atoms with van der Waals surface area (Å²) in [6, 6.07) is 10.2. The second kappa shape index (κ2) is 10.1. The minimum absolute atomic E-state index is 0.156. The smallest absolute Gasteiger partial charge is 0.294 e. The number of piperidine rings is 1. The zero-order valence-corrected chi connectivity index (χ0v) is 24.1. The zero-order chi connectivity index (χ0) is 28.2. The number of amides is 2. The van der Waals surface area contributed by atoms with Crippen molar-refractivity contribution in [1.82, 2.24) is 15.2 Å². The molecule has 4 atom stereocenters. The van der Waals surface area contributed by atoms with Crippen molar-refractivity contribution in [3.05, 3.63) is 74.5 Å². The predicted octanol–water partition coefficient (Wildman–Crippen LogP) is 5.79. The summed E-state index contributed by atoms with van der Waals surface area (Å²) in [5.74, 6) is 0.504. The van der Waals surface area contributed by atoms with Gasteiger partial charge in [-0.2, -0.15) is 0 Å². The molecule has 0 spiro atoms. The molecule has 6 rings (SSSR count). The van der Waals surface area contributed by atoms with E-state index in [9.17, 15) is 19.7 Å². The maximum Gasteiger partial charge on any atom is 0.294 e. The van der Waals surface area contributed by atoms with Crippen LogP contribution in [-0.2, 0) is 0 Å². The van der Waals surface area contributed by atoms with Gasteiger partial charge in [-0.15, -0.1) is 0 Å². The third-order valence-corrected chi connectivity index (χ3v) is 9.70. The van der Waals surface area contributed by atoms with Crippen LogP contribution in [0.5, 0.6) is 0 Å². The molecule has 40 heavy (non-hydrogen) atoms. The average Bonchev–Trinajstić information content (AvgIpc) is 3.25. The number of hydrogen-bond donors (Lipinski definition) is 2.